The van der Waals surface area contributed by atoms with Gasteiger partial charge in [-0.05, 0) is 31.4 Å². The van der Waals surface area contributed by atoms with Gasteiger partial charge in [-0.3, -0.25) is 9.59 Å². The number of likely N-dealkylation sites (N-methyl/N-ethyl adjacent to an activating group) is 1. The zero-order valence-corrected chi connectivity index (χ0v) is 12.1. The van der Waals surface area contributed by atoms with Crippen LogP contribution in [0.3, 0.4) is 0 Å². The molecule has 114 valence electrons. The van der Waals surface area contributed by atoms with Crippen LogP contribution in [0.2, 0.25) is 0 Å². The van der Waals surface area contributed by atoms with Gasteiger partial charge < -0.3 is 19.3 Å². The summed E-state index contributed by atoms with van der Waals surface area (Å²) >= 11 is 0. The minimum absolute atomic E-state index is 0.131. The van der Waals surface area contributed by atoms with Gasteiger partial charge in [0, 0.05) is 19.3 Å². The lowest BCUT2D eigenvalue weighted by molar-refractivity contribution is -0.142. The van der Waals surface area contributed by atoms with E-state index in [-0.39, 0.29) is 19.1 Å². The molecule has 1 N–H and O–H groups in total. The first-order chi connectivity index (χ1) is 10.1. The highest BCUT2D eigenvalue weighted by molar-refractivity contribution is 5.93. The van der Waals surface area contributed by atoms with E-state index in [4.69, 9.17) is 4.74 Å². The monoisotopic (exact) mass is 292 g/mol. The number of carbonyl (C=O) groups is 2. The predicted molar refractivity (Wildman–Crippen MR) is 75.1 cm³/mol. The van der Waals surface area contributed by atoms with Crippen LogP contribution >= 0.6 is 0 Å². The van der Waals surface area contributed by atoms with Crippen molar-refractivity contribution >= 4 is 11.9 Å². The van der Waals surface area contributed by atoms with Crippen molar-refractivity contribution in [2.75, 3.05) is 20.3 Å². The van der Waals surface area contributed by atoms with Crippen LogP contribution in [0.4, 0.5) is 0 Å². The van der Waals surface area contributed by atoms with Gasteiger partial charge >= 0.3 is 5.97 Å². The highest BCUT2D eigenvalue weighted by atomic mass is 16.5. The number of ether oxygens (including phenoxy) is 1. The van der Waals surface area contributed by atoms with Crippen molar-refractivity contribution in [2.24, 2.45) is 5.92 Å². The number of hydrogen-bond donors (Lipinski definition) is 1. The second kappa shape index (κ2) is 5.52. The molecular formula is C15H20N2O4. The van der Waals surface area contributed by atoms with Gasteiger partial charge in [-0.25, -0.2) is 0 Å². The number of nitrogens with zero attached hydrogens (tertiary/aromatic N) is 2. The molecule has 0 radical (unpaired) electrons. The summed E-state index contributed by atoms with van der Waals surface area (Å²) in [4.78, 5) is 25.4. The molecule has 1 aromatic rings. The lowest BCUT2D eigenvalue weighted by Crippen LogP contribution is -2.44. The van der Waals surface area contributed by atoms with Gasteiger partial charge in [0.2, 0.25) is 0 Å². The van der Waals surface area contributed by atoms with Crippen LogP contribution in [0.15, 0.2) is 18.3 Å². The minimum Gasteiger partial charge on any atom is -0.481 e. The molecule has 1 aliphatic carbocycles. The lowest BCUT2D eigenvalue weighted by Gasteiger charge is -2.31. The third-order valence-electron chi connectivity index (χ3n) is 4.65. The van der Waals surface area contributed by atoms with Crippen LogP contribution in [-0.4, -0.2) is 52.8 Å². The van der Waals surface area contributed by atoms with E-state index in [9.17, 15) is 14.7 Å². The molecule has 1 aromatic heterocycles. The molecule has 0 bridgehead atoms. The fourth-order valence-electron chi connectivity index (χ4n) is 3.05. The molecule has 2 atom stereocenters. The van der Waals surface area contributed by atoms with Gasteiger partial charge in [0.05, 0.1) is 19.3 Å². The Hall–Kier alpha value is -1.82. The summed E-state index contributed by atoms with van der Waals surface area (Å²) in [5, 5.41) is 9.21. The van der Waals surface area contributed by atoms with Crippen LogP contribution in [0.5, 0.6) is 0 Å². The van der Waals surface area contributed by atoms with Gasteiger partial charge in [0.1, 0.15) is 11.6 Å². The first kappa shape index (κ1) is 14.1. The molecule has 0 spiro atoms. The average Bonchev–Trinajstić information content (AvgIpc) is 3.03. The molecule has 0 aromatic carbocycles. The van der Waals surface area contributed by atoms with Crippen LogP contribution < -0.4 is 0 Å². The molecule has 2 unspecified atom stereocenters. The number of hydrogen-bond acceptors (Lipinski definition) is 3. The topological polar surface area (TPSA) is 71.8 Å². The highest BCUT2D eigenvalue weighted by Crippen LogP contribution is 2.33. The van der Waals surface area contributed by atoms with E-state index >= 15 is 0 Å². The number of amides is 1. The average molecular weight is 292 g/mol. The summed E-state index contributed by atoms with van der Waals surface area (Å²) in [5.41, 5.74) is 0.637. The minimum atomic E-state index is -0.911. The van der Waals surface area contributed by atoms with Gasteiger partial charge in [0.15, 0.2) is 0 Å². The van der Waals surface area contributed by atoms with E-state index in [1.165, 1.54) is 11.3 Å². The maximum absolute atomic E-state index is 12.7. The second-order valence-electron chi connectivity index (χ2n) is 5.85. The lowest BCUT2D eigenvalue weighted by atomic mass is 9.92. The van der Waals surface area contributed by atoms with E-state index in [0.717, 1.165) is 12.8 Å². The third kappa shape index (κ3) is 2.44. The SMILES string of the molecule is CN(C(=O)c1cccn1C1CCC1)C1COCC1C(=O)O. The van der Waals surface area contributed by atoms with Gasteiger partial charge in [-0.15, -0.1) is 0 Å². The van der Waals surface area contributed by atoms with Crippen LogP contribution in [0, 0.1) is 5.92 Å². The number of rotatable bonds is 4. The molecule has 6 nitrogen and oxygen atoms in total. The quantitative estimate of drug-likeness (QED) is 0.910. The Morgan fingerprint density at radius 2 is 2.14 bits per heavy atom. The number of carbonyl (C=O) groups excluding carboxylic acids is 1. The second-order valence-corrected chi connectivity index (χ2v) is 5.85. The zero-order valence-electron chi connectivity index (χ0n) is 12.1. The zero-order chi connectivity index (χ0) is 15.0. The number of aliphatic carboxylic acids is 1. The Balaban J connectivity index is 1.78. The summed E-state index contributed by atoms with van der Waals surface area (Å²) in [6.45, 7) is 0.449. The summed E-state index contributed by atoms with van der Waals surface area (Å²) in [6.07, 6.45) is 5.33. The van der Waals surface area contributed by atoms with Crippen molar-refractivity contribution in [3.05, 3.63) is 24.0 Å². The standard InChI is InChI=1S/C15H20N2O4/c1-16(13-9-21-8-11(13)15(19)20)14(18)12-6-3-7-17(12)10-4-2-5-10/h3,6-7,10-11,13H,2,4-5,8-9H2,1H3,(H,19,20). The van der Waals surface area contributed by atoms with Crippen molar-refractivity contribution < 1.29 is 19.4 Å². The van der Waals surface area contributed by atoms with E-state index in [1.807, 2.05) is 22.9 Å². The Labute approximate surface area is 123 Å². The van der Waals surface area contributed by atoms with Crippen molar-refractivity contribution in [1.82, 2.24) is 9.47 Å². The normalized spacial score (nSPS) is 25.6. The maximum Gasteiger partial charge on any atom is 0.311 e. The van der Waals surface area contributed by atoms with Crippen LogP contribution in [0.25, 0.3) is 0 Å². The smallest absolute Gasteiger partial charge is 0.311 e. The van der Waals surface area contributed by atoms with Crippen LogP contribution in [0.1, 0.15) is 35.8 Å². The molecule has 2 aliphatic rings. The first-order valence-electron chi connectivity index (χ1n) is 7.34. The first-order valence-corrected chi connectivity index (χ1v) is 7.34. The fraction of sp³-hybridized carbons (Fsp3) is 0.600. The largest absolute Gasteiger partial charge is 0.481 e. The molecule has 3 rings (SSSR count). The molecule has 21 heavy (non-hydrogen) atoms. The Morgan fingerprint density at radius 3 is 2.76 bits per heavy atom. The third-order valence-corrected chi connectivity index (χ3v) is 4.65. The molecule has 1 aliphatic heterocycles. The summed E-state index contributed by atoms with van der Waals surface area (Å²) in [5.74, 6) is -1.69. The summed E-state index contributed by atoms with van der Waals surface area (Å²) in [6, 6.07) is 3.68. The molecule has 2 heterocycles. The van der Waals surface area contributed by atoms with E-state index in [0.29, 0.717) is 11.7 Å². The van der Waals surface area contributed by atoms with Crippen molar-refractivity contribution in [1.29, 1.82) is 0 Å². The number of carboxylic acid groups (broad SMARTS) is 1. The molecule has 1 saturated carbocycles. The highest BCUT2D eigenvalue weighted by Gasteiger charge is 2.39. The molecule has 1 amide bonds. The van der Waals surface area contributed by atoms with Crippen molar-refractivity contribution in [3.8, 4) is 0 Å². The van der Waals surface area contributed by atoms with Crippen LogP contribution in [-0.2, 0) is 9.53 Å². The molecule has 1 saturated heterocycles. The molecule has 2 fully saturated rings. The van der Waals surface area contributed by atoms with E-state index in [1.54, 1.807) is 7.05 Å². The van der Waals surface area contributed by atoms with Gasteiger partial charge in [0.25, 0.3) is 5.91 Å². The molecule has 6 heteroatoms. The van der Waals surface area contributed by atoms with Crippen molar-refractivity contribution in [2.45, 2.75) is 31.3 Å². The van der Waals surface area contributed by atoms with Gasteiger partial charge in [-0.1, -0.05) is 0 Å². The number of carboxylic acids is 1. The predicted octanol–water partition coefficient (Wildman–Crippen LogP) is 1.38. The van der Waals surface area contributed by atoms with E-state index in [2.05, 4.69) is 0 Å². The Kier molecular flexibility index (Phi) is 3.71. The Bertz CT molecular complexity index is 550. The van der Waals surface area contributed by atoms with Gasteiger partial charge in [-0.2, -0.15) is 0 Å². The van der Waals surface area contributed by atoms with Crippen molar-refractivity contribution in [3.63, 3.8) is 0 Å². The summed E-state index contributed by atoms with van der Waals surface area (Å²) < 4.78 is 7.27. The molecular weight excluding hydrogens is 272 g/mol. The van der Waals surface area contributed by atoms with E-state index < -0.39 is 17.9 Å². The number of aromatic nitrogens is 1. The Morgan fingerprint density at radius 1 is 1.38 bits per heavy atom. The summed E-state index contributed by atoms with van der Waals surface area (Å²) in [7, 11) is 1.66. The fourth-order valence-corrected chi connectivity index (χ4v) is 3.05. The maximum atomic E-state index is 12.7.